The van der Waals surface area contributed by atoms with Crippen molar-refractivity contribution in [2.45, 2.75) is 30.9 Å². The minimum Gasteiger partial charge on any atom is -0.609 e. The predicted octanol–water partition coefficient (Wildman–Crippen LogP) is 4.61. The average Bonchev–Trinajstić information content (AvgIpc) is 3.38. The van der Waals surface area contributed by atoms with Gasteiger partial charge in [-0.15, -0.1) is 0 Å². The van der Waals surface area contributed by atoms with Gasteiger partial charge in [-0.3, -0.25) is 9.97 Å². The maximum absolute atomic E-state index is 12.9. The Morgan fingerprint density at radius 3 is 2.65 bits per heavy atom. The molecule has 0 radical (unpaired) electrons. The van der Waals surface area contributed by atoms with Crippen molar-refractivity contribution < 1.29 is 22.5 Å². The number of H-pyrrole nitrogens is 1. The van der Waals surface area contributed by atoms with Crippen LogP contribution in [0.15, 0.2) is 54.1 Å². The van der Waals surface area contributed by atoms with Crippen LogP contribution in [0.5, 0.6) is 5.75 Å². The first-order valence-corrected chi connectivity index (χ1v) is 10.7. The van der Waals surface area contributed by atoms with E-state index in [0.29, 0.717) is 22.3 Å². The van der Waals surface area contributed by atoms with Crippen molar-refractivity contribution in [3.05, 3.63) is 65.7 Å². The van der Waals surface area contributed by atoms with Crippen molar-refractivity contribution in [3.8, 4) is 11.4 Å². The molecule has 6 nitrogen and oxygen atoms in total. The highest BCUT2D eigenvalue weighted by Crippen LogP contribution is 2.29. The van der Waals surface area contributed by atoms with Crippen LogP contribution in [-0.4, -0.2) is 36.9 Å². The van der Waals surface area contributed by atoms with Crippen molar-refractivity contribution >= 4 is 22.2 Å². The Morgan fingerprint density at radius 2 is 1.94 bits per heavy atom. The molecule has 0 fully saturated rings. The van der Waals surface area contributed by atoms with Gasteiger partial charge in [-0.05, 0) is 44.2 Å². The van der Waals surface area contributed by atoms with Crippen LogP contribution in [0.3, 0.4) is 0 Å². The zero-order valence-corrected chi connectivity index (χ0v) is 17.5. The lowest BCUT2D eigenvalue weighted by molar-refractivity contribution is -0.153. The lowest BCUT2D eigenvalue weighted by Gasteiger charge is -2.16. The van der Waals surface area contributed by atoms with Gasteiger partial charge in [0, 0.05) is 46.6 Å². The minimum absolute atomic E-state index is 0.00122. The summed E-state index contributed by atoms with van der Waals surface area (Å²) in [7, 11) is 0. The summed E-state index contributed by atoms with van der Waals surface area (Å²) in [5.41, 5.74) is 3.64. The highest BCUT2D eigenvalue weighted by molar-refractivity contribution is 7.90. The summed E-state index contributed by atoms with van der Waals surface area (Å²) in [6, 6.07) is 9.49. The van der Waals surface area contributed by atoms with Crippen molar-refractivity contribution in [3.63, 3.8) is 0 Å². The molecule has 0 saturated carbocycles. The smallest absolute Gasteiger partial charge is 0.422 e. The average molecular weight is 448 g/mol. The Morgan fingerprint density at radius 1 is 1.19 bits per heavy atom. The molecule has 1 atom stereocenters. The lowest BCUT2D eigenvalue weighted by Crippen LogP contribution is -2.20. The Hall–Kier alpha value is -2.98. The number of pyridine rings is 1. The zero-order valence-electron chi connectivity index (χ0n) is 16.7. The monoisotopic (exact) mass is 448 g/mol. The van der Waals surface area contributed by atoms with Crippen molar-refractivity contribution in [2.75, 3.05) is 6.61 Å². The number of imidazole rings is 1. The second kappa shape index (κ2) is 8.27. The highest BCUT2D eigenvalue weighted by atomic mass is 32.2. The highest BCUT2D eigenvalue weighted by Gasteiger charge is 2.29. The zero-order chi connectivity index (χ0) is 22.2. The first kappa shape index (κ1) is 21.3. The first-order chi connectivity index (χ1) is 14.7. The van der Waals surface area contributed by atoms with E-state index in [1.54, 1.807) is 13.8 Å². The fourth-order valence-electron chi connectivity index (χ4n) is 3.22. The quantitative estimate of drug-likeness (QED) is 0.437. The second-order valence-corrected chi connectivity index (χ2v) is 8.44. The molecule has 10 heteroatoms. The molecule has 4 aromatic rings. The molecule has 1 aromatic carbocycles. The maximum Gasteiger partial charge on any atom is 0.422 e. The third kappa shape index (κ3) is 4.70. The Labute approximate surface area is 179 Å². The Kier molecular flexibility index (Phi) is 5.67. The van der Waals surface area contributed by atoms with Crippen LogP contribution in [0.2, 0.25) is 0 Å². The number of aromatic amines is 1. The van der Waals surface area contributed by atoms with E-state index < -0.39 is 24.0 Å². The van der Waals surface area contributed by atoms with Crippen LogP contribution >= 0.6 is 0 Å². The van der Waals surface area contributed by atoms with E-state index in [0.717, 1.165) is 11.2 Å². The van der Waals surface area contributed by atoms with Gasteiger partial charge in [-0.1, -0.05) is 0 Å². The fourth-order valence-corrected chi connectivity index (χ4v) is 4.32. The number of halogens is 3. The molecule has 162 valence electrons. The Bertz CT molecular complexity index is 1210. The summed E-state index contributed by atoms with van der Waals surface area (Å²) in [5, 5.41) is 0.277. The standard InChI is InChI=1S/C21H19F3N4O2S/c1-13-10-25-18(14(2)19(13)30-12-21(22,23)24)11-31(29)20-26-16-6-5-15(9-17(16)27-20)28-7-3-4-8-28/h3-10H,11-12H2,1-2H3,(H,26,27). The van der Waals surface area contributed by atoms with E-state index in [1.807, 2.05) is 47.3 Å². The summed E-state index contributed by atoms with van der Waals surface area (Å²) in [6.45, 7) is 1.84. The van der Waals surface area contributed by atoms with Crippen LogP contribution in [-0.2, 0) is 16.9 Å². The lowest BCUT2D eigenvalue weighted by atomic mass is 10.1. The number of nitrogens with one attached hydrogen (secondary N) is 1. The molecular formula is C21H19F3N4O2S. The molecule has 0 aliphatic carbocycles. The molecule has 0 amide bonds. The molecule has 31 heavy (non-hydrogen) atoms. The first-order valence-electron chi connectivity index (χ1n) is 9.37. The van der Waals surface area contributed by atoms with E-state index in [1.165, 1.54) is 6.20 Å². The third-order valence-electron chi connectivity index (χ3n) is 4.76. The SMILES string of the molecule is Cc1cnc(C[S+]([O-])c2nc3cc(-n4cccc4)ccc3[nH]2)c(C)c1OCC(F)(F)F. The number of ether oxygens (including phenoxy) is 1. The van der Waals surface area contributed by atoms with Gasteiger partial charge in [0.05, 0.1) is 16.7 Å². The maximum atomic E-state index is 12.9. The molecule has 3 heterocycles. The van der Waals surface area contributed by atoms with Gasteiger partial charge < -0.3 is 13.9 Å². The number of hydrogen-bond donors (Lipinski definition) is 1. The van der Waals surface area contributed by atoms with Crippen molar-refractivity contribution in [1.29, 1.82) is 0 Å². The predicted molar refractivity (Wildman–Crippen MR) is 111 cm³/mol. The number of fused-ring (bicyclic) bond motifs is 1. The normalized spacial score (nSPS) is 13.0. The van der Waals surface area contributed by atoms with Crippen LogP contribution in [0.1, 0.15) is 16.8 Å². The van der Waals surface area contributed by atoms with Crippen molar-refractivity contribution in [2.24, 2.45) is 0 Å². The minimum atomic E-state index is -4.45. The molecule has 0 aliphatic rings. The van der Waals surface area contributed by atoms with Crippen LogP contribution in [0, 0.1) is 13.8 Å². The molecule has 0 saturated heterocycles. The van der Waals surface area contributed by atoms with Gasteiger partial charge in [-0.2, -0.15) is 18.2 Å². The fraction of sp³-hybridized carbons (Fsp3) is 0.238. The largest absolute Gasteiger partial charge is 0.609 e. The third-order valence-corrected chi connectivity index (χ3v) is 5.92. The number of benzene rings is 1. The van der Waals surface area contributed by atoms with Crippen LogP contribution < -0.4 is 4.74 Å². The van der Waals surface area contributed by atoms with Gasteiger partial charge >= 0.3 is 11.3 Å². The van der Waals surface area contributed by atoms with Gasteiger partial charge in [0.1, 0.15) is 5.75 Å². The van der Waals surface area contributed by atoms with Crippen LogP contribution in [0.4, 0.5) is 13.2 Å². The van der Waals surface area contributed by atoms with E-state index >= 15 is 0 Å². The number of aryl methyl sites for hydroxylation is 1. The number of alkyl halides is 3. The molecule has 0 bridgehead atoms. The van der Waals surface area contributed by atoms with E-state index in [9.17, 15) is 17.7 Å². The number of aromatic nitrogens is 4. The number of hydrogen-bond acceptors (Lipinski definition) is 4. The summed E-state index contributed by atoms with van der Waals surface area (Å²) in [6.07, 6.45) is 0.806. The van der Waals surface area contributed by atoms with Gasteiger partial charge in [0.2, 0.25) is 0 Å². The van der Waals surface area contributed by atoms with Crippen LogP contribution in [0.25, 0.3) is 16.7 Å². The molecule has 0 spiro atoms. The van der Waals surface area contributed by atoms with E-state index in [4.69, 9.17) is 4.74 Å². The van der Waals surface area contributed by atoms with E-state index in [-0.39, 0.29) is 16.7 Å². The second-order valence-electron chi connectivity index (χ2n) is 7.07. The van der Waals surface area contributed by atoms with Gasteiger partial charge in [0.25, 0.3) is 0 Å². The molecule has 1 unspecified atom stereocenters. The van der Waals surface area contributed by atoms with Gasteiger partial charge in [-0.25, -0.2) is 0 Å². The summed E-state index contributed by atoms with van der Waals surface area (Å²) in [5.74, 6) is 0.110. The van der Waals surface area contributed by atoms with E-state index in [2.05, 4.69) is 15.0 Å². The molecular weight excluding hydrogens is 429 g/mol. The molecule has 3 aromatic heterocycles. The number of nitrogens with zero attached hydrogens (tertiary/aromatic N) is 3. The van der Waals surface area contributed by atoms with Crippen molar-refractivity contribution in [1.82, 2.24) is 19.5 Å². The number of rotatable bonds is 6. The molecule has 0 aliphatic heterocycles. The Balaban J connectivity index is 1.56. The molecule has 1 N–H and O–H groups in total. The topological polar surface area (TPSA) is 78.8 Å². The summed E-state index contributed by atoms with van der Waals surface area (Å²) < 4.78 is 57.5. The van der Waals surface area contributed by atoms with Gasteiger partial charge in [0.15, 0.2) is 12.4 Å². The molecule has 4 rings (SSSR count). The summed E-state index contributed by atoms with van der Waals surface area (Å²) >= 11 is -1.57. The summed E-state index contributed by atoms with van der Waals surface area (Å²) in [4.78, 5) is 11.7.